The number of nitrogens with one attached hydrogen (secondary N) is 3. The SMILES string of the molecule is Nc1ccc(-c2ccc(F)cc2)cc1NC(=O)C1C=CC(NC(=O)C2(N)CCNCC2)=CC1. The monoisotopic (exact) mass is 449 g/mol. The van der Waals surface area contributed by atoms with Gasteiger partial charge in [0.2, 0.25) is 11.8 Å². The van der Waals surface area contributed by atoms with Crippen molar-refractivity contribution in [1.82, 2.24) is 10.6 Å². The molecule has 1 aliphatic carbocycles. The molecule has 0 saturated carbocycles. The molecule has 7 N–H and O–H groups in total. The minimum atomic E-state index is -0.874. The molecular weight excluding hydrogens is 421 g/mol. The lowest BCUT2D eigenvalue weighted by Gasteiger charge is -2.32. The van der Waals surface area contributed by atoms with Gasteiger partial charge < -0.3 is 27.4 Å². The average molecular weight is 450 g/mol. The summed E-state index contributed by atoms with van der Waals surface area (Å²) in [5, 5.41) is 8.96. The Bertz CT molecular complexity index is 1100. The Kier molecular flexibility index (Phi) is 6.57. The fraction of sp³-hybridized carbons (Fsp3) is 0.280. The van der Waals surface area contributed by atoms with Gasteiger partial charge in [-0.05, 0) is 73.8 Å². The van der Waals surface area contributed by atoms with Gasteiger partial charge in [-0.1, -0.05) is 30.4 Å². The van der Waals surface area contributed by atoms with Crippen LogP contribution < -0.4 is 27.4 Å². The van der Waals surface area contributed by atoms with Crippen LogP contribution in [0.25, 0.3) is 11.1 Å². The van der Waals surface area contributed by atoms with Crippen LogP contribution in [-0.2, 0) is 9.59 Å². The van der Waals surface area contributed by atoms with Gasteiger partial charge in [-0.2, -0.15) is 0 Å². The van der Waals surface area contributed by atoms with Crippen molar-refractivity contribution in [3.05, 3.63) is 72.2 Å². The van der Waals surface area contributed by atoms with Crippen LogP contribution in [-0.4, -0.2) is 30.4 Å². The standard InChI is InChI=1S/C25H28FN5O2/c26-19-6-1-16(2-7-19)18-5-10-21(27)22(15-18)31-23(32)17-3-8-20(9-4-17)30-24(33)25(28)11-13-29-14-12-25/h1-3,5-10,15,17,29H,4,11-14,27-28H2,(H,30,33)(H,31,32). The molecule has 1 fully saturated rings. The molecular formula is C25H28FN5O2. The van der Waals surface area contributed by atoms with Crippen LogP contribution >= 0.6 is 0 Å². The summed E-state index contributed by atoms with van der Waals surface area (Å²) >= 11 is 0. The lowest BCUT2D eigenvalue weighted by molar-refractivity contribution is -0.126. The highest BCUT2D eigenvalue weighted by molar-refractivity contribution is 5.97. The maximum Gasteiger partial charge on any atom is 0.244 e. The molecule has 4 rings (SSSR count). The molecule has 1 heterocycles. The van der Waals surface area contributed by atoms with Crippen molar-refractivity contribution < 1.29 is 14.0 Å². The number of allylic oxidation sites excluding steroid dienone is 2. The number of hydrogen-bond donors (Lipinski definition) is 5. The van der Waals surface area contributed by atoms with Crippen LogP contribution in [0.4, 0.5) is 15.8 Å². The predicted octanol–water partition coefficient (Wildman–Crippen LogP) is 2.67. The maximum absolute atomic E-state index is 13.2. The summed E-state index contributed by atoms with van der Waals surface area (Å²) in [6.07, 6.45) is 6.92. The van der Waals surface area contributed by atoms with Gasteiger partial charge in [0.15, 0.2) is 0 Å². The van der Waals surface area contributed by atoms with E-state index in [1.165, 1.54) is 12.1 Å². The van der Waals surface area contributed by atoms with Crippen molar-refractivity contribution in [3.63, 3.8) is 0 Å². The zero-order valence-electron chi connectivity index (χ0n) is 18.2. The van der Waals surface area contributed by atoms with Crippen LogP contribution in [0.2, 0.25) is 0 Å². The van der Waals surface area contributed by atoms with Gasteiger partial charge in [-0.15, -0.1) is 0 Å². The van der Waals surface area contributed by atoms with E-state index >= 15 is 0 Å². The molecule has 0 spiro atoms. The summed E-state index contributed by atoms with van der Waals surface area (Å²) in [7, 11) is 0. The van der Waals surface area contributed by atoms with E-state index in [1.807, 2.05) is 12.1 Å². The van der Waals surface area contributed by atoms with Crippen molar-refractivity contribution in [1.29, 1.82) is 0 Å². The molecule has 0 aromatic heterocycles. The Balaban J connectivity index is 1.38. The van der Waals surface area contributed by atoms with E-state index in [4.69, 9.17) is 11.5 Å². The molecule has 7 nitrogen and oxygen atoms in total. The molecule has 2 amide bonds. The third-order valence-corrected chi connectivity index (χ3v) is 6.13. The van der Waals surface area contributed by atoms with Gasteiger partial charge in [0.05, 0.1) is 22.8 Å². The van der Waals surface area contributed by atoms with E-state index in [-0.39, 0.29) is 17.6 Å². The molecule has 1 atom stereocenters. The summed E-state index contributed by atoms with van der Waals surface area (Å²) in [6.45, 7) is 1.43. The van der Waals surface area contributed by atoms with Crippen molar-refractivity contribution in [2.24, 2.45) is 11.7 Å². The zero-order chi connectivity index (χ0) is 23.4. The first kappa shape index (κ1) is 22.7. The van der Waals surface area contributed by atoms with Gasteiger partial charge in [-0.25, -0.2) is 4.39 Å². The Morgan fingerprint density at radius 3 is 2.39 bits per heavy atom. The molecule has 1 aliphatic heterocycles. The van der Waals surface area contributed by atoms with Crippen molar-refractivity contribution in [3.8, 4) is 11.1 Å². The molecule has 8 heteroatoms. The van der Waals surface area contributed by atoms with E-state index in [1.54, 1.807) is 36.4 Å². The summed E-state index contributed by atoms with van der Waals surface area (Å²) in [5.74, 6) is -1.12. The Labute approximate surface area is 192 Å². The third kappa shape index (κ3) is 5.30. The highest BCUT2D eigenvalue weighted by Crippen LogP contribution is 2.28. The fourth-order valence-corrected chi connectivity index (χ4v) is 3.97. The van der Waals surface area contributed by atoms with Gasteiger partial charge >= 0.3 is 0 Å². The molecule has 2 aliphatic rings. The molecule has 0 radical (unpaired) electrons. The quantitative estimate of drug-likeness (QED) is 0.449. The number of nitrogens with two attached hydrogens (primary N) is 2. The minimum Gasteiger partial charge on any atom is -0.397 e. The highest BCUT2D eigenvalue weighted by Gasteiger charge is 2.35. The number of hydrogen-bond acceptors (Lipinski definition) is 5. The number of carbonyl (C=O) groups excluding carboxylic acids is 2. The first-order valence-electron chi connectivity index (χ1n) is 11.0. The molecule has 2 aromatic carbocycles. The van der Waals surface area contributed by atoms with Crippen molar-refractivity contribution >= 4 is 23.2 Å². The number of anilines is 2. The summed E-state index contributed by atoms with van der Waals surface area (Å²) in [5.41, 5.74) is 14.7. The van der Waals surface area contributed by atoms with Crippen molar-refractivity contribution in [2.75, 3.05) is 24.1 Å². The van der Waals surface area contributed by atoms with E-state index in [2.05, 4.69) is 16.0 Å². The maximum atomic E-state index is 13.2. The highest BCUT2D eigenvalue weighted by atomic mass is 19.1. The Morgan fingerprint density at radius 2 is 1.73 bits per heavy atom. The van der Waals surface area contributed by atoms with Crippen LogP contribution in [0.15, 0.2) is 66.4 Å². The number of nitrogen functional groups attached to an aromatic ring is 1. The van der Waals surface area contributed by atoms with Gasteiger partial charge in [0.1, 0.15) is 5.82 Å². The molecule has 2 aromatic rings. The van der Waals surface area contributed by atoms with E-state index in [0.29, 0.717) is 49.4 Å². The topological polar surface area (TPSA) is 122 Å². The number of halogens is 1. The second kappa shape index (κ2) is 9.56. The lowest BCUT2D eigenvalue weighted by atomic mass is 9.88. The molecule has 172 valence electrons. The summed E-state index contributed by atoms with van der Waals surface area (Å²) in [6, 6.07) is 11.4. The van der Waals surface area contributed by atoms with Gasteiger partial charge in [0.25, 0.3) is 0 Å². The van der Waals surface area contributed by atoms with Crippen LogP contribution in [0.1, 0.15) is 19.3 Å². The molecule has 0 bridgehead atoms. The number of benzene rings is 2. The van der Waals surface area contributed by atoms with Gasteiger partial charge in [0, 0.05) is 5.70 Å². The Hall–Kier alpha value is -3.49. The number of rotatable bonds is 5. The Morgan fingerprint density at radius 1 is 1.03 bits per heavy atom. The second-order valence-corrected chi connectivity index (χ2v) is 8.52. The molecule has 33 heavy (non-hydrogen) atoms. The molecule has 1 saturated heterocycles. The normalized spacial score (nSPS) is 19.5. The van der Waals surface area contributed by atoms with E-state index < -0.39 is 11.5 Å². The minimum absolute atomic E-state index is 0.201. The fourth-order valence-electron chi connectivity index (χ4n) is 3.97. The first-order chi connectivity index (χ1) is 15.8. The van der Waals surface area contributed by atoms with Crippen LogP contribution in [0.5, 0.6) is 0 Å². The van der Waals surface area contributed by atoms with E-state index in [0.717, 1.165) is 11.1 Å². The largest absolute Gasteiger partial charge is 0.397 e. The zero-order valence-corrected chi connectivity index (χ0v) is 18.2. The summed E-state index contributed by atoms with van der Waals surface area (Å²) < 4.78 is 13.2. The first-order valence-corrected chi connectivity index (χ1v) is 11.0. The number of piperidine rings is 1. The van der Waals surface area contributed by atoms with Crippen molar-refractivity contribution in [2.45, 2.75) is 24.8 Å². The van der Waals surface area contributed by atoms with E-state index in [9.17, 15) is 14.0 Å². The van der Waals surface area contributed by atoms with Crippen LogP contribution in [0.3, 0.4) is 0 Å². The molecule has 1 unspecified atom stereocenters. The second-order valence-electron chi connectivity index (χ2n) is 8.52. The predicted molar refractivity (Wildman–Crippen MR) is 127 cm³/mol. The van der Waals surface area contributed by atoms with Gasteiger partial charge in [-0.3, -0.25) is 9.59 Å². The third-order valence-electron chi connectivity index (χ3n) is 6.13. The van der Waals surface area contributed by atoms with Crippen LogP contribution in [0, 0.1) is 11.7 Å². The lowest BCUT2D eigenvalue weighted by Crippen LogP contribution is -2.58. The smallest absolute Gasteiger partial charge is 0.244 e. The average Bonchev–Trinajstić information content (AvgIpc) is 2.82. The number of amides is 2. The summed E-state index contributed by atoms with van der Waals surface area (Å²) in [4.78, 5) is 25.4. The number of carbonyl (C=O) groups is 2.